The van der Waals surface area contributed by atoms with Crippen LogP contribution in [0.3, 0.4) is 0 Å². The van der Waals surface area contributed by atoms with E-state index in [2.05, 4.69) is 32.3 Å². The molecule has 2 N–H and O–H groups in total. The number of benzene rings is 2. The van der Waals surface area contributed by atoms with Crippen molar-refractivity contribution in [3.05, 3.63) is 78.2 Å². The van der Waals surface area contributed by atoms with Gasteiger partial charge in [-0.25, -0.2) is 19.3 Å². The van der Waals surface area contributed by atoms with Crippen LogP contribution in [0.2, 0.25) is 0 Å². The molecule has 2 aromatic carbocycles. The van der Waals surface area contributed by atoms with Gasteiger partial charge < -0.3 is 19.9 Å². The van der Waals surface area contributed by atoms with Gasteiger partial charge >= 0.3 is 5.97 Å². The van der Waals surface area contributed by atoms with Gasteiger partial charge in [-0.1, -0.05) is 30.3 Å². The maximum Gasteiger partial charge on any atom is 0.309 e. The van der Waals surface area contributed by atoms with Gasteiger partial charge in [-0.05, 0) is 62.1 Å². The van der Waals surface area contributed by atoms with Crippen molar-refractivity contribution in [2.24, 2.45) is 5.92 Å². The molecule has 0 aliphatic carbocycles. The van der Waals surface area contributed by atoms with Crippen molar-refractivity contribution >= 4 is 17.7 Å². The Labute approximate surface area is 221 Å². The molecular weight excluding hydrogens is 483 g/mol. The summed E-state index contributed by atoms with van der Waals surface area (Å²) in [6.07, 6.45) is 3.95. The van der Waals surface area contributed by atoms with Crippen molar-refractivity contribution in [1.29, 1.82) is 0 Å². The Balaban J connectivity index is 1.39. The molecule has 38 heavy (non-hydrogen) atoms. The van der Waals surface area contributed by atoms with E-state index < -0.39 is 0 Å². The zero-order valence-corrected chi connectivity index (χ0v) is 21.4. The van der Waals surface area contributed by atoms with Gasteiger partial charge in [0.2, 0.25) is 5.95 Å². The molecule has 0 saturated carbocycles. The summed E-state index contributed by atoms with van der Waals surface area (Å²) < 4.78 is 18.8. The molecule has 5 rings (SSSR count). The minimum absolute atomic E-state index is 0.107. The highest BCUT2D eigenvalue weighted by molar-refractivity contribution is 5.76. The second kappa shape index (κ2) is 11.9. The Morgan fingerprint density at radius 3 is 2.58 bits per heavy atom. The molecule has 8 nitrogen and oxygen atoms in total. The number of nitrogens with zero attached hydrogens (tertiary/aromatic N) is 4. The number of anilines is 2. The van der Waals surface area contributed by atoms with Crippen molar-refractivity contribution in [2.75, 3.05) is 36.5 Å². The smallest absolute Gasteiger partial charge is 0.309 e. The Bertz CT molecular complexity index is 1350. The third kappa shape index (κ3) is 5.99. The predicted octanol–water partition coefficient (Wildman–Crippen LogP) is 5.11. The number of hydrogen-bond donors (Lipinski definition) is 2. The molecule has 2 aromatic heterocycles. The number of piperidine rings is 1. The SMILES string of the molecule is CCOC(=O)C1CCN(c2nc(-c3ccc(F)cc3)[nH]c2-c2ccnc(NCCc3ccccc3)n2)CC1. The highest BCUT2D eigenvalue weighted by Gasteiger charge is 2.29. The van der Waals surface area contributed by atoms with Gasteiger partial charge in [-0.2, -0.15) is 0 Å². The van der Waals surface area contributed by atoms with Gasteiger partial charge in [0, 0.05) is 31.4 Å². The molecule has 0 spiro atoms. The lowest BCUT2D eigenvalue weighted by atomic mass is 9.97. The Morgan fingerprint density at radius 2 is 1.84 bits per heavy atom. The largest absolute Gasteiger partial charge is 0.466 e. The molecule has 1 aliphatic rings. The van der Waals surface area contributed by atoms with Gasteiger partial charge in [0.05, 0.1) is 18.2 Å². The summed E-state index contributed by atoms with van der Waals surface area (Å²) in [5.74, 6) is 1.36. The molecule has 1 aliphatic heterocycles. The molecule has 1 fully saturated rings. The highest BCUT2D eigenvalue weighted by atomic mass is 19.1. The average Bonchev–Trinajstić information content (AvgIpc) is 3.40. The monoisotopic (exact) mass is 514 g/mol. The van der Waals surface area contributed by atoms with Crippen LogP contribution in [0.15, 0.2) is 66.9 Å². The fraction of sp³-hybridized carbons (Fsp3) is 0.310. The van der Waals surface area contributed by atoms with E-state index in [-0.39, 0.29) is 17.7 Å². The number of carbonyl (C=O) groups is 1. The molecule has 0 atom stereocenters. The fourth-order valence-electron chi connectivity index (χ4n) is 4.65. The first-order valence-corrected chi connectivity index (χ1v) is 13.0. The van der Waals surface area contributed by atoms with E-state index in [0.717, 1.165) is 23.5 Å². The zero-order chi connectivity index (χ0) is 26.3. The Kier molecular flexibility index (Phi) is 7.92. The fourth-order valence-corrected chi connectivity index (χ4v) is 4.65. The van der Waals surface area contributed by atoms with Crippen molar-refractivity contribution < 1.29 is 13.9 Å². The third-order valence-electron chi connectivity index (χ3n) is 6.67. The summed E-state index contributed by atoms with van der Waals surface area (Å²) in [5, 5.41) is 3.31. The number of nitrogens with one attached hydrogen (secondary N) is 2. The molecule has 1 saturated heterocycles. The maximum absolute atomic E-state index is 13.6. The number of esters is 1. The number of hydrogen-bond acceptors (Lipinski definition) is 7. The molecule has 9 heteroatoms. The zero-order valence-electron chi connectivity index (χ0n) is 21.4. The number of H-pyrrole nitrogens is 1. The minimum Gasteiger partial charge on any atom is -0.466 e. The number of halogens is 1. The van der Waals surface area contributed by atoms with Crippen molar-refractivity contribution in [3.8, 4) is 22.8 Å². The first-order chi connectivity index (χ1) is 18.6. The Morgan fingerprint density at radius 1 is 1.08 bits per heavy atom. The first kappa shape index (κ1) is 25.4. The first-order valence-electron chi connectivity index (χ1n) is 13.0. The standard InChI is InChI=1S/C29H31FN6O2/c1-2-38-28(37)22-14-18-36(19-15-22)27-25(34-26(35-27)21-8-10-23(30)11-9-21)24-13-17-32-29(33-24)31-16-12-20-6-4-3-5-7-20/h3-11,13,17,22H,2,12,14-16,18-19H2,1H3,(H,34,35)(H,31,32,33). The van der Waals surface area contributed by atoms with Crippen LogP contribution in [-0.2, 0) is 16.0 Å². The second-order valence-electron chi connectivity index (χ2n) is 9.23. The number of rotatable bonds is 9. The molecule has 0 radical (unpaired) electrons. The van der Waals surface area contributed by atoms with Crippen LogP contribution in [0, 0.1) is 11.7 Å². The van der Waals surface area contributed by atoms with Crippen LogP contribution < -0.4 is 10.2 Å². The number of aromatic nitrogens is 4. The number of ether oxygens (including phenoxy) is 1. The summed E-state index contributed by atoms with van der Waals surface area (Å²) >= 11 is 0. The van der Waals surface area contributed by atoms with E-state index in [4.69, 9.17) is 14.7 Å². The quantitative estimate of drug-likeness (QED) is 0.300. The van der Waals surface area contributed by atoms with E-state index in [1.54, 1.807) is 18.3 Å². The van der Waals surface area contributed by atoms with Gasteiger partial charge in [-0.3, -0.25) is 4.79 Å². The van der Waals surface area contributed by atoms with E-state index in [1.165, 1.54) is 17.7 Å². The predicted molar refractivity (Wildman–Crippen MR) is 145 cm³/mol. The lowest BCUT2D eigenvalue weighted by Gasteiger charge is -2.31. The number of aromatic amines is 1. The van der Waals surface area contributed by atoms with E-state index in [0.29, 0.717) is 56.5 Å². The normalized spacial score (nSPS) is 13.9. The Hall–Kier alpha value is -4.27. The topological polar surface area (TPSA) is 96.0 Å². The number of carbonyl (C=O) groups excluding carboxylic acids is 1. The van der Waals surface area contributed by atoms with Crippen LogP contribution in [0.4, 0.5) is 16.2 Å². The van der Waals surface area contributed by atoms with Gasteiger partial charge in [-0.15, -0.1) is 0 Å². The highest BCUT2D eigenvalue weighted by Crippen LogP contribution is 2.34. The second-order valence-corrected chi connectivity index (χ2v) is 9.23. The molecule has 0 bridgehead atoms. The summed E-state index contributed by atoms with van der Waals surface area (Å²) in [7, 11) is 0. The van der Waals surface area contributed by atoms with E-state index in [1.807, 2.05) is 31.2 Å². The van der Waals surface area contributed by atoms with Crippen molar-refractivity contribution in [2.45, 2.75) is 26.2 Å². The molecule has 0 amide bonds. The van der Waals surface area contributed by atoms with Crippen molar-refractivity contribution in [3.63, 3.8) is 0 Å². The van der Waals surface area contributed by atoms with Gasteiger partial charge in [0.15, 0.2) is 5.82 Å². The third-order valence-corrected chi connectivity index (χ3v) is 6.67. The molecule has 3 heterocycles. The summed E-state index contributed by atoms with van der Waals surface area (Å²) in [5.41, 5.74) is 3.47. The van der Waals surface area contributed by atoms with Crippen LogP contribution in [-0.4, -0.2) is 52.1 Å². The van der Waals surface area contributed by atoms with Crippen molar-refractivity contribution in [1.82, 2.24) is 19.9 Å². The summed E-state index contributed by atoms with van der Waals surface area (Å²) in [6, 6.07) is 18.3. The van der Waals surface area contributed by atoms with Gasteiger partial charge in [0.1, 0.15) is 17.3 Å². The molecule has 0 unspecified atom stereocenters. The lowest BCUT2D eigenvalue weighted by Crippen LogP contribution is -2.37. The van der Waals surface area contributed by atoms with Crippen LogP contribution in [0.25, 0.3) is 22.8 Å². The molecular formula is C29H31FN6O2. The van der Waals surface area contributed by atoms with E-state index in [9.17, 15) is 9.18 Å². The summed E-state index contributed by atoms with van der Waals surface area (Å²) in [4.78, 5) is 31.9. The molecule has 196 valence electrons. The molecule has 4 aromatic rings. The van der Waals surface area contributed by atoms with Crippen LogP contribution in [0.5, 0.6) is 0 Å². The van der Waals surface area contributed by atoms with Crippen LogP contribution >= 0.6 is 0 Å². The lowest BCUT2D eigenvalue weighted by molar-refractivity contribution is -0.148. The number of imidazole rings is 1. The van der Waals surface area contributed by atoms with Gasteiger partial charge in [0.25, 0.3) is 0 Å². The average molecular weight is 515 g/mol. The van der Waals surface area contributed by atoms with E-state index >= 15 is 0 Å². The van der Waals surface area contributed by atoms with Crippen LogP contribution in [0.1, 0.15) is 25.3 Å². The minimum atomic E-state index is -0.302. The summed E-state index contributed by atoms with van der Waals surface area (Å²) in [6.45, 7) is 4.24. The maximum atomic E-state index is 13.6.